The van der Waals surface area contributed by atoms with Gasteiger partial charge in [0, 0.05) is 0 Å². The van der Waals surface area contributed by atoms with E-state index in [2.05, 4.69) is 13.8 Å². The molecular weight excluding hydrogens is 148 g/mol. The quantitative estimate of drug-likeness (QED) is 0.589. The van der Waals surface area contributed by atoms with Gasteiger partial charge in [-0.3, -0.25) is 0 Å². The van der Waals surface area contributed by atoms with Gasteiger partial charge in [0.05, 0.1) is 6.10 Å². The Morgan fingerprint density at radius 2 is 1.75 bits per heavy atom. The summed E-state index contributed by atoms with van der Waals surface area (Å²) in [6.07, 6.45) is 5.22. The molecule has 70 valence electrons. The zero-order valence-electron chi connectivity index (χ0n) is 8.16. The molecule has 2 aliphatic carbocycles. The summed E-state index contributed by atoms with van der Waals surface area (Å²) in [5.74, 6) is 3.10. The maximum atomic E-state index is 9.80. The Morgan fingerprint density at radius 3 is 2.50 bits per heavy atom. The van der Waals surface area contributed by atoms with Crippen molar-refractivity contribution in [3.63, 3.8) is 0 Å². The fourth-order valence-electron chi connectivity index (χ4n) is 3.43. The van der Waals surface area contributed by atoms with E-state index in [0.29, 0.717) is 5.92 Å². The topological polar surface area (TPSA) is 20.2 Å². The molecule has 0 radical (unpaired) electrons. The summed E-state index contributed by atoms with van der Waals surface area (Å²) in [4.78, 5) is 0. The van der Waals surface area contributed by atoms with Gasteiger partial charge in [0.15, 0.2) is 0 Å². The molecule has 5 atom stereocenters. The zero-order valence-corrected chi connectivity index (χ0v) is 8.16. The minimum Gasteiger partial charge on any atom is -0.393 e. The van der Waals surface area contributed by atoms with Gasteiger partial charge in [0.2, 0.25) is 0 Å². The largest absolute Gasteiger partial charge is 0.393 e. The summed E-state index contributed by atoms with van der Waals surface area (Å²) < 4.78 is 0. The number of rotatable bonds is 0. The molecule has 2 saturated carbocycles. The first-order chi connectivity index (χ1) is 5.70. The third kappa shape index (κ3) is 1.19. The molecular formula is C11H20O. The minimum atomic E-state index is -0.0145. The lowest BCUT2D eigenvalue weighted by Gasteiger charge is -2.39. The summed E-state index contributed by atoms with van der Waals surface area (Å²) >= 11 is 0. The van der Waals surface area contributed by atoms with Crippen LogP contribution in [0.25, 0.3) is 0 Å². The number of aliphatic hydroxyl groups is 1. The molecule has 12 heavy (non-hydrogen) atoms. The van der Waals surface area contributed by atoms with Crippen molar-refractivity contribution in [1.29, 1.82) is 0 Å². The molecule has 0 aromatic carbocycles. The van der Waals surface area contributed by atoms with Gasteiger partial charge in [0.25, 0.3) is 0 Å². The maximum absolute atomic E-state index is 9.80. The molecule has 0 heterocycles. The summed E-state index contributed by atoms with van der Waals surface area (Å²) in [6.45, 7) is 4.55. The second-order valence-corrected chi connectivity index (χ2v) is 4.90. The van der Waals surface area contributed by atoms with E-state index in [0.717, 1.165) is 24.2 Å². The predicted octanol–water partition coefficient (Wildman–Crippen LogP) is 2.44. The van der Waals surface area contributed by atoms with Crippen LogP contribution in [0.5, 0.6) is 0 Å². The summed E-state index contributed by atoms with van der Waals surface area (Å²) in [7, 11) is 0. The second kappa shape index (κ2) is 3.02. The Hall–Kier alpha value is -0.0400. The van der Waals surface area contributed by atoms with Crippen LogP contribution in [0.4, 0.5) is 0 Å². The van der Waals surface area contributed by atoms with Crippen molar-refractivity contribution in [1.82, 2.24) is 0 Å². The van der Waals surface area contributed by atoms with Gasteiger partial charge in [-0.2, -0.15) is 0 Å². The molecule has 1 nitrogen and oxygen atoms in total. The first-order valence-electron chi connectivity index (χ1n) is 5.38. The Kier molecular flexibility index (Phi) is 2.16. The molecule has 0 bridgehead atoms. The van der Waals surface area contributed by atoms with E-state index < -0.39 is 0 Å². The Bertz CT molecular complexity index is 166. The van der Waals surface area contributed by atoms with E-state index in [1.54, 1.807) is 0 Å². The van der Waals surface area contributed by atoms with Crippen LogP contribution in [0, 0.1) is 23.7 Å². The van der Waals surface area contributed by atoms with Crippen molar-refractivity contribution in [2.24, 2.45) is 23.7 Å². The van der Waals surface area contributed by atoms with Crippen LogP contribution in [0.15, 0.2) is 0 Å². The minimum absolute atomic E-state index is 0.0145. The van der Waals surface area contributed by atoms with E-state index in [-0.39, 0.29) is 6.10 Å². The third-order valence-electron chi connectivity index (χ3n) is 4.25. The smallest absolute Gasteiger partial charge is 0.0571 e. The lowest BCUT2D eigenvalue weighted by atomic mass is 9.68. The monoisotopic (exact) mass is 168 g/mol. The maximum Gasteiger partial charge on any atom is 0.0571 e. The lowest BCUT2D eigenvalue weighted by molar-refractivity contribution is -0.00584. The van der Waals surface area contributed by atoms with Crippen LogP contribution in [0.2, 0.25) is 0 Å². The lowest BCUT2D eigenvalue weighted by Crippen LogP contribution is -2.38. The molecule has 1 heteroatoms. The van der Waals surface area contributed by atoms with Gasteiger partial charge in [-0.05, 0) is 42.9 Å². The Balaban J connectivity index is 2.12. The van der Waals surface area contributed by atoms with Crippen LogP contribution in [-0.4, -0.2) is 11.2 Å². The molecule has 2 rings (SSSR count). The van der Waals surface area contributed by atoms with Crippen molar-refractivity contribution in [3.8, 4) is 0 Å². The highest BCUT2D eigenvalue weighted by molar-refractivity contribution is 4.92. The fraction of sp³-hybridized carbons (Fsp3) is 1.00. The molecule has 0 aromatic rings. The van der Waals surface area contributed by atoms with Crippen molar-refractivity contribution in [2.45, 2.75) is 45.6 Å². The van der Waals surface area contributed by atoms with E-state index >= 15 is 0 Å². The molecule has 0 saturated heterocycles. The molecule has 0 spiro atoms. The average molecular weight is 168 g/mol. The molecule has 2 aliphatic rings. The van der Waals surface area contributed by atoms with E-state index in [9.17, 15) is 5.11 Å². The third-order valence-corrected chi connectivity index (χ3v) is 4.25. The Labute approximate surface area is 75.2 Å². The van der Waals surface area contributed by atoms with Crippen LogP contribution in [-0.2, 0) is 0 Å². The van der Waals surface area contributed by atoms with Gasteiger partial charge >= 0.3 is 0 Å². The van der Waals surface area contributed by atoms with E-state index in [4.69, 9.17) is 0 Å². The standard InChI is InChI=1S/C11H20O/c1-7-6-11(12)8(2)10-5-3-4-9(7)10/h7-12H,3-6H2,1-2H3. The zero-order chi connectivity index (χ0) is 8.72. The van der Waals surface area contributed by atoms with Crippen LogP contribution in [0.3, 0.4) is 0 Å². The summed E-state index contributed by atoms with van der Waals surface area (Å²) in [5.41, 5.74) is 0. The summed E-state index contributed by atoms with van der Waals surface area (Å²) in [6, 6.07) is 0. The highest BCUT2D eigenvalue weighted by Crippen LogP contribution is 2.47. The SMILES string of the molecule is CC1CC(O)C(C)C2CCCC12. The summed E-state index contributed by atoms with van der Waals surface area (Å²) in [5, 5.41) is 9.80. The highest BCUT2D eigenvalue weighted by Gasteiger charge is 2.42. The van der Waals surface area contributed by atoms with Gasteiger partial charge in [-0.25, -0.2) is 0 Å². The molecule has 5 unspecified atom stereocenters. The van der Waals surface area contributed by atoms with Crippen molar-refractivity contribution >= 4 is 0 Å². The van der Waals surface area contributed by atoms with Crippen molar-refractivity contribution in [3.05, 3.63) is 0 Å². The normalized spacial score (nSPS) is 53.8. The number of fused-ring (bicyclic) bond motifs is 1. The molecule has 1 N–H and O–H groups in total. The van der Waals surface area contributed by atoms with Gasteiger partial charge in [-0.1, -0.05) is 20.3 Å². The molecule has 0 amide bonds. The van der Waals surface area contributed by atoms with Gasteiger partial charge < -0.3 is 5.11 Å². The molecule has 2 fully saturated rings. The van der Waals surface area contributed by atoms with Gasteiger partial charge in [0.1, 0.15) is 0 Å². The van der Waals surface area contributed by atoms with Crippen LogP contribution in [0.1, 0.15) is 39.5 Å². The number of aliphatic hydroxyl groups excluding tert-OH is 1. The van der Waals surface area contributed by atoms with E-state index in [1.807, 2.05) is 0 Å². The first-order valence-corrected chi connectivity index (χ1v) is 5.38. The van der Waals surface area contributed by atoms with Gasteiger partial charge in [-0.15, -0.1) is 0 Å². The fourth-order valence-corrected chi connectivity index (χ4v) is 3.43. The molecule has 0 aromatic heterocycles. The van der Waals surface area contributed by atoms with Crippen LogP contribution < -0.4 is 0 Å². The Morgan fingerprint density at radius 1 is 1.08 bits per heavy atom. The highest BCUT2D eigenvalue weighted by atomic mass is 16.3. The number of hydrogen-bond acceptors (Lipinski definition) is 1. The first kappa shape index (κ1) is 8.55. The second-order valence-electron chi connectivity index (χ2n) is 4.90. The number of hydrogen-bond donors (Lipinski definition) is 1. The van der Waals surface area contributed by atoms with Crippen molar-refractivity contribution in [2.75, 3.05) is 0 Å². The molecule has 0 aliphatic heterocycles. The van der Waals surface area contributed by atoms with E-state index in [1.165, 1.54) is 19.3 Å². The van der Waals surface area contributed by atoms with Crippen molar-refractivity contribution < 1.29 is 5.11 Å². The predicted molar refractivity (Wildman–Crippen MR) is 49.8 cm³/mol. The average Bonchev–Trinajstić information content (AvgIpc) is 2.48. The van der Waals surface area contributed by atoms with Crippen LogP contribution >= 0.6 is 0 Å².